The molecule has 0 aromatic carbocycles. The van der Waals surface area contributed by atoms with Gasteiger partial charge in [-0.1, -0.05) is 0 Å². The highest BCUT2D eigenvalue weighted by Crippen LogP contribution is 2.10. The Bertz CT molecular complexity index is 231. The van der Waals surface area contributed by atoms with Gasteiger partial charge < -0.3 is 5.73 Å². The summed E-state index contributed by atoms with van der Waals surface area (Å²) in [5, 5.41) is 0. The molecule has 12 heavy (non-hydrogen) atoms. The van der Waals surface area contributed by atoms with Crippen LogP contribution in [0.5, 0.6) is 0 Å². The van der Waals surface area contributed by atoms with E-state index in [2.05, 4.69) is 4.72 Å². The Kier molecular flexibility index (Phi) is 3.05. The first-order valence-corrected chi connectivity index (χ1v) is 5.44. The number of piperidine rings is 1. The van der Waals surface area contributed by atoms with Crippen LogP contribution in [0.4, 0.5) is 0 Å². The lowest BCUT2D eigenvalue weighted by Gasteiger charge is -2.28. The number of rotatable bonds is 2. The second kappa shape index (κ2) is 3.69. The smallest absolute Gasteiger partial charge is 0.279 e. The van der Waals surface area contributed by atoms with Crippen LogP contribution in [0.3, 0.4) is 0 Å². The third-order valence-corrected chi connectivity index (χ3v) is 3.66. The summed E-state index contributed by atoms with van der Waals surface area (Å²) in [6, 6.07) is 0.160. The van der Waals surface area contributed by atoms with Crippen molar-refractivity contribution in [2.24, 2.45) is 5.73 Å². The SMILES string of the molecule is CNS(=O)(=O)N1CCC(N)CC1. The van der Waals surface area contributed by atoms with Crippen molar-refractivity contribution in [2.75, 3.05) is 20.1 Å². The lowest BCUT2D eigenvalue weighted by atomic mass is 10.1. The van der Waals surface area contributed by atoms with E-state index in [1.807, 2.05) is 0 Å². The fraction of sp³-hybridized carbons (Fsp3) is 1.00. The third kappa shape index (κ3) is 2.16. The van der Waals surface area contributed by atoms with Crippen molar-refractivity contribution < 1.29 is 8.42 Å². The highest BCUT2D eigenvalue weighted by Gasteiger charge is 2.24. The van der Waals surface area contributed by atoms with Gasteiger partial charge in [0.1, 0.15) is 0 Å². The lowest BCUT2D eigenvalue weighted by molar-refractivity contribution is 0.317. The van der Waals surface area contributed by atoms with Crippen molar-refractivity contribution in [3.63, 3.8) is 0 Å². The molecule has 3 N–H and O–H groups in total. The van der Waals surface area contributed by atoms with E-state index in [1.54, 1.807) is 0 Å². The van der Waals surface area contributed by atoms with Gasteiger partial charge in [-0.25, -0.2) is 4.72 Å². The van der Waals surface area contributed by atoms with Gasteiger partial charge in [0, 0.05) is 26.2 Å². The summed E-state index contributed by atoms with van der Waals surface area (Å²) in [7, 11) is -1.80. The first-order valence-electron chi connectivity index (χ1n) is 4.00. The van der Waals surface area contributed by atoms with Gasteiger partial charge in [0.25, 0.3) is 10.2 Å². The Morgan fingerprint density at radius 2 is 1.92 bits per heavy atom. The van der Waals surface area contributed by atoms with Gasteiger partial charge in [0.15, 0.2) is 0 Å². The Morgan fingerprint density at radius 3 is 2.33 bits per heavy atom. The molecular weight excluding hydrogens is 178 g/mol. The Balaban J connectivity index is 2.56. The van der Waals surface area contributed by atoms with Crippen LogP contribution in [-0.2, 0) is 10.2 Å². The first-order chi connectivity index (χ1) is 5.56. The van der Waals surface area contributed by atoms with Crippen LogP contribution < -0.4 is 10.5 Å². The molecule has 1 rings (SSSR count). The number of nitrogens with zero attached hydrogens (tertiary/aromatic N) is 1. The quantitative estimate of drug-likeness (QED) is 0.583. The molecule has 0 aromatic rings. The average molecular weight is 193 g/mol. The molecule has 0 spiro atoms. The predicted octanol–water partition coefficient (Wildman–Crippen LogP) is -1.13. The van der Waals surface area contributed by atoms with Gasteiger partial charge in [0.05, 0.1) is 0 Å². The number of nitrogens with two attached hydrogens (primary N) is 1. The lowest BCUT2D eigenvalue weighted by Crippen LogP contribution is -2.46. The maximum atomic E-state index is 11.2. The normalized spacial score (nSPS) is 22.8. The van der Waals surface area contributed by atoms with Crippen LogP contribution in [0.15, 0.2) is 0 Å². The van der Waals surface area contributed by atoms with Gasteiger partial charge in [-0.05, 0) is 12.8 Å². The Hall–Kier alpha value is -0.170. The molecule has 5 nitrogen and oxygen atoms in total. The van der Waals surface area contributed by atoms with Crippen LogP contribution in [0, 0.1) is 0 Å². The summed E-state index contributed by atoms with van der Waals surface area (Å²) < 4.78 is 26.2. The number of hydrogen-bond donors (Lipinski definition) is 2. The molecule has 1 heterocycles. The van der Waals surface area contributed by atoms with Crippen LogP contribution >= 0.6 is 0 Å². The van der Waals surface area contributed by atoms with Crippen molar-refractivity contribution >= 4 is 10.2 Å². The summed E-state index contributed by atoms with van der Waals surface area (Å²) in [5.74, 6) is 0. The van der Waals surface area contributed by atoms with E-state index in [0.717, 1.165) is 12.8 Å². The Labute approximate surface area is 73.1 Å². The molecule has 1 saturated heterocycles. The molecular formula is C6H15N3O2S. The molecule has 6 heteroatoms. The molecule has 0 bridgehead atoms. The van der Waals surface area contributed by atoms with Crippen molar-refractivity contribution in [2.45, 2.75) is 18.9 Å². The molecule has 0 saturated carbocycles. The van der Waals surface area contributed by atoms with E-state index in [1.165, 1.54) is 11.4 Å². The second-order valence-corrected chi connectivity index (χ2v) is 4.82. The van der Waals surface area contributed by atoms with Gasteiger partial charge >= 0.3 is 0 Å². The van der Waals surface area contributed by atoms with E-state index in [0.29, 0.717) is 13.1 Å². The van der Waals surface area contributed by atoms with E-state index in [9.17, 15) is 8.42 Å². The summed E-state index contributed by atoms with van der Waals surface area (Å²) in [6.45, 7) is 1.06. The molecule has 0 unspecified atom stereocenters. The van der Waals surface area contributed by atoms with Gasteiger partial charge in [-0.2, -0.15) is 12.7 Å². The average Bonchev–Trinajstić information content (AvgIpc) is 2.05. The maximum absolute atomic E-state index is 11.2. The molecule has 1 fully saturated rings. The molecule has 0 aromatic heterocycles. The van der Waals surface area contributed by atoms with Crippen LogP contribution in [-0.4, -0.2) is 38.9 Å². The molecule has 0 atom stereocenters. The van der Waals surface area contributed by atoms with Gasteiger partial charge in [-0.15, -0.1) is 0 Å². The van der Waals surface area contributed by atoms with E-state index in [-0.39, 0.29) is 6.04 Å². The molecule has 0 radical (unpaired) electrons. The van der Waals surface area contributed by atoms with Crippen LogP contribution in [0.25, 0.3) is 0 Å². The predicted molar refractivity (Wildman–Crippen MR) is 46.8 cm³/mol. The van der Waals surface area contributed by atoms with E-state index < -0.39 is 10.2 Å². The monoisotopic (exact) mass is 193 g/mol. The van der Waals surface area contributed by atoms with Gasteiger partial charge in [-0.3, -0.25) is 0 Å². The number of nitrogens with one attached hydrogen (secondary N) is 1. The maximum Gasteiger partial charge on any atom is 0.279 e. The Morgan fingerprint density at radius 1 is 1.42 bits per heavy atom. The zero-order valence-corrected chi connectivity index (χ0v) is 7.97. The minimum absolute atomic E-state index is 0.160. The van der Waals surface area contributed by atoms with Crippen LogP contribution in [0.1, 0.15) is 12.8 Å². The van der Waals surface area contributed by atoms with Crippen molar-refractivity contribution in [1.29, 1.82) is 0 Å². The minimum Gasteiger partial charge on any atom is -0.328 e. The third-order valence-electron chi connectivity index (χ3n) is 2.10. The van der Waals surface area contributed by atoms with Crippen molar-refractivity contribution in [3.8, 4) is 0 Å². The van der Waals surface area contributed by atoms with Gasteiger partial charge in [0.2, 0.25) is 0 Å². The molecule has 0 aliphatic carbocycles. The molecule has 0 amide bonds. The standard InChI is InChI=1S/C6H15N3O2S/c1-8-12(10,11)9-4-2-6(7)3-5-9/h6,8H,2-5,7H2,1H3. The zero-order valence-electron chi connectivity index (χ0n) is 7.16. The molecule has 1 aliphatic heterocycles. The first kappa shape index (κ1) is 9.91. The fourth-order valence-corrected chi connectivity index (χ4v) is 2.19. The minimum atomic E-state index is -3.22. The summed E-state index contributed by atoms with van der Waals surface area (Å²) >= 11 is 0. The highest BCUT2D eigenvalue weighted by atomic mass is 32.2. The molecule has 72 valence electrons. The summed E-state index contributed by atoms with van der Waals surface area (Å²) in [6.07, 6.45) is 1.50. The van der Waals surface area contributed by atoms with Crippen LogP contribution in [0.2, 0.25) is 0 Å². The fourth-order valence-electron chi connectivity index (χ4n) is 1.25. The largest absolute Gasteiger partial charge is 0.328 e. The van der Waals surface area contributed by atoms with Crippen molar-refractivity contribution in [3.05, 3.63) is 0 Å². The molecule has 1 aliphatic rings. The van der Waals surface area contributed by atoms with E-state index >= 15 is 0 Å². The second-order valence-electron chi connectivity index (χ2n) is 2.95. The van der Waals surface area contributed by atoms with E-state index in [4.69, 9.17) is 5.73 Å². The zero-order chi connectivity index (χ0) is 9.19. The summed E-state index contributed by atoms with van der Waals surface area (Å²) in [5.41, 5.74) is 5.64. The topological polar surface area (TPSA) is 75.4 Å². The summed E-state index contributed by atoms with van der Waals surface area (Å²) in [4.78, 5) is 0. The van der Waals surface area contributed by atoms with Crippen molar-refractivity contribution in [1.82, 2.24) is 9.03 Å². The number of hydrogen-bond acceptors (Lipinski definition) is 3. The highest BCUT2D eigenvalue weighted by molar-refractivity contribution is 7.87.